The molecule has 0 aliphatic carbocycles. The summed E-state index contributed by atoms with van der Waals surface area (Å²) in [6.45, 7) is 3.70. The van der Waals surface area contributed by atoms with Gasteiger partial charge < -0.3 is 0 Å². The zero-order valence-corrected chi connectivity index (χ0v) is 11.8. The highest BCUT2D eigenvalue weighted by molar-refractivity contribution is 7.69. The van der Waals surface area contributed by atoms with E-state index in [1.807, 2.05) is 12.2 Å². The minimum atomic E-state index is -1.38. The molecule has 0 saturated carbocycles. The Balaban J connectivity index is 4.96. The van der Waals surface area contributed by atoms with Gasteiger partial charge in [0.1, 0.15) is 6.16 Å². The Hall–Kier alpha value is -0.210. The number of rotatable bonds is 6. The maximum atomic E-state index is 3.70. The molecule has 0 bridgehead atoms. The second-order valence-electron chi connectivity index (χ2n) is 4.08. The molecule has 0 saturated heterocycles. The van der Waals surface area contributed by atoms with Crippen molar-refractivity contribution in [3.8, 4) is 0 Å². The van der Waals surface area contributed by atoms with Gasteiger partial charge in [-0.1, -0.05) is 18.7 Å². The second kappa shape index (κ2) is 6.39. The average molecular weight is 230 g/mol. The Labute approximate surface area is 95.5 Å². The van der Waals surface area contributed by atoms with Crippen LogP contribution in [0, 0.1) is 0 Å². The first-order chi connectivity index (χ1) is 6.89. The van der Waals surface area contributed by atoms with Crippen molar-refractivity contribution in [3.63, 3.8) is 0 Å². The molecule has 0 unspecified atom stereocenters. The van der Waals surface area contributed by atoms with Crippen molar-refractivity contribution in [1.82, 2.24) is 14.0 Å². The fourth-order valence-electron chi connectivity index (χ4n) is 1.86. The predicted molar refractivity (Wildman–Crippen MR) is 72.2 cm³/mol. The Morgan fingerprint density at radius 3 is 1.60 bits per heavy atom. The van der Waals surface area contributed by atoms with E-state index in [4.69, 9.17) is 0 Å². The molecule has 0 aromatic heterocycles. The summed E-state index contributed by atoms with van der Waals surface area (Å²) in [5, 5.41) is 0. The smallest absolute Gasteiger partial charge is 0.154 e. The zero-order chi connectivity index (χ0) is 12.1. The summed E-state index contributed by atoms with van der Waals surface area (Å²) >= 11 is 0. The normalized spacial score (nSPS) is 13.4. The topological polar surface area (TPSA) is 9.72 Å². The summed E-state index contributed by atoms with van der Waals surface area (Å²) in [5.74, 6) is 0. The fraction of sp³-hybridized carbons (Fsp3) is 0.636. The lowest BCUT2D eigenvalue weighted by atomic mass is 10.5. The van der Waals surface area contributed by atoms with Crippen LogP contribution in [0.1, 0.15) is 0 Å². The van der Waals surface area contributed by atoms with E-state index >= 15 is 0 Å². The first kappa shape index (κ1) is 14.8. The molecule has 0 heterocycles. The van der Waals surface area contributed by atoms with Crippen molar-refractivity contribution in [2.75, 3.05) is 48.4 Å². The maximum Gasteiger partial charge on any atom is 0.229 e. The Morgan fingerprint density at radius 2 is 1.33 bits per heavy atom. The summed E-state index contributed by atoms with van der Waals surface area (Å²) in [6, 6.07) is 0. The van der Waals surface area contributed by atoms with Crippen LogP contribution in [0.25, 0.3) is 0 Å². The van der Waals surface area contributed by atoms with E-state index in [9.17, 15) is 0 Å². The minimum absolute atomic E-state index is 1.05. The second-order valence-corrected chi connectivity index (χ2v) is 8.23. The summed E-state index contributed by atoms with van der Waals surface area (Å²) < 4.78 is 7.00. The Morgan fingerprint density at radius 1 is 0.933 bits per heavy atom. The molecule has 15 heavy (non-hydrogen) atoms. The summed E-state index contributed by atoms with van der Waals surface area (Å²) in [5.41, 5.74) is 0. The van der Waals surface area contributed by atoms with Gasteiger partial charge in [0.05, 0.1) is 0 Å². The van der Waals surface area contributed by atoms with Gasteiger partial charge in [-0.25, -0.2) is 0 Å². The fourth-order valence-corrected chi connectivity index (χ4v) is 5.39. The minimum Gasteiger partial charge on any atom is -0.154 e. The van der Waals surface area contributed by atoms with E-state index in [2.05, 4.69) is 69.0 Å². The Bertz CT molecular complexity index is 200. The summed E-state index contributed by atoms with van der Waals surface area (Å²) in [4.78, 5) is 0. The molecule has 0 N–H and O–H groups in total. The van der Waals surface area contributed by atoms with E-state index in [-0.39, 0.29) is 0 Å². The summed E-state index contributed by atoms with van der Waals surface area (Å²) in [6.07, 6.45) is 7.09. The number of hydrogen-bond donors (Lipinski definition) is 0. The largest absolute Gasteiger partial charge is 0.229 e. The number of hydrogen-bond acceptors (Lipinski definition) is 3. The van der Waals surface area contributed by atoms with Crippen LogP contribution >= 0.6 is 7.71 Å². The zero-order valence-electron chi connectivity index (χ0n) is 10.9. The van der Waals surface area contributed by atoms with Gasteiger partial charge in [-0.3, -0.25) is 0 Å². The monoisotopic (exact) mass is 230 g/mol. The molecule has 0 aromatic carbocycles. The third kappa shape index (κ3) is 3.39. The quantitative estimate of drug-likeness (QED) is 0.511. The SMILES string of the molecule is C=C/C=C/C[P+](N(C)C)(N(C)C)N(C)C. The highest BCUT2D eigenvalue weighted by Crippen LogP contribution is 2.63. The molecule has 0 fully saturated rings. The molecule has 0 atom stereocenters. The van der Waals surface area contributed by atoms with Gasteiger partial charge in [0, 0.05) is 42.3 Å². The van der Waals surface area contributed by atoms with E-state index in [0.29, 0.717) is 0 Å². The van der Waals surface area contributed by atoms with Crippen molar-refractivity contribution in [3.05, 3.63) is 24.8 Å². The summed E-state index contributed by atoms with van der Waals surface area (Å²) in [7, 11) is 11.5. The Kier molecular flexibility index (Phi) is 6.30. The van der Waals surface area contributed by atoms with Gasteiger partial charge >= 0.3 is 0 Å². The molecule has 88 valence electrons. The third-order valence-corrected chi connectivity index (χ3v) is 7.09. The molecule has 0 amide bonds. The maximum absolute atomic E-state index is 3.70. The predicted octanol–water partition coefficient (Wildman–Crippen LogP) is 2.18. The van der Waals surface area contributed by atoms with Crippen LogP contribution in [-0.2, 0) is 0 Å². The molecule has 0 aliphatic heterocycles. The van der Waals surface area contributed by atoms with Gasteiger partial charge in [-0.15, -0.1) is 0 Å². The van der Waals surface area contributed by atoms with Gasteiger partial charge in [0.2, 0.25) is 7.71 Å². The highest BCUT2D eigenvalue weighted by atomic mass is 31.2. The van der Waals surface area contributed by atoms with Crippen molar-refractivity contribution in [1.29, 1.82) is 0 Å². The molecular weight excluding hydrogens is 205 g/mol. The van der Waals surface area contributed by atoms with E-state index < -0.39 is 7.71 Å². The van der Waals surface area contributed by atoms with Crippen molar-refractivity contribution in [2.45, 2.75) is 0 Å². The highest BCUT2D eigenvalue weighted by Gasteiger charge is 2.45. The molecule has 3 nitrogen and oxygen atoms in total. The molecule has 0 aliphatic rings. The van der Waals surface area contributed by atoms with Crippen LogP contribution in [0.5, 0.6) is 0 Å². The number of nitrogens with zero attached hydrogens (tertiary/aromatic N) is 3. The van der Waals surface area contributed by atoms with Crippen LogP contribution in [0.3, 0.4) is 0 Å². The molecule has 0 radical (unpaired) electrons. The van der Waals surface area contributed by atoms with Crippen LogP contribution in [0.15, 0.2) is 24.8 Å². The van der Waals surface area contributed by atoms with Gasteiger partial charge in [0.25, 0.3) is 0 Å². The average Bonchev–Trinajstić information content (AvgIpc) is 2.10. The van der Waals surface area contributed by atoms with Crippen molar-refractivity contribution < 1.29 is 0 Å². The van der Waals surface area contributed by atoms with Gasteiger partial charge in [-0.2, -0.15) is 14.0 Å². The van der Waals surface area contributed by atoms with Crippen molar-refractivity contribution >= 4 is 7.71 Å². The first-order valence-electron chi connectivity index (χ1n) is 5.08. The molecule has 0 spiro atoms. The van der Waals surface area contributed by atoms with Crippen LogP contribution in [-0.4, -0.2) is 62.5 Å². The van der Waals surface area contributed by atoms with Crippen LogP contribution < -0.4 is 0 Å². The van der Waals surface area contributed by atoms with Gasteiger partial charge in [-0.05, 0) is 6.08 Å². The molecular formula is C11H25N3P+. The molecule has 4 heteroatoms. The van der Waals surface area contributed by atoms with Crippen molar-refractivity contribution in [2.24, 2.45) is 0 Å². The van der Waals surface area contributed by atoms with E-state index in [1.54, 1.807) is 0 Å². The number of allylic oxidation sites excluding steroid dienone is 3. The van der Waals surface area contributed by atoms with Gasteiger partial charge in [0.15, 0.2) is 0 Å². The van der Waals surface area contributed by atoms with Crippen LogP contribution in [0.4, 0.5) is 0 Å². The lowest BCUT2D eigenvalue weighted by molar-refractivity contribution is 0.462. The first-order valence-corrected chi connectivity index (χ1v) is 6.92. The van der Waals surface area contributed by atoms with E-state index in [1.165, 1.54) is 0 Å². The molecule has 0 rings (SSSR count). The lowest BCUT2D eigenvalue weighted by Gasteiger charge is -2.39. The molecule has 0 aromatic rings. The van der Waals surface area contributed by atoms with Crippen LogP contribution in [0.2, 0.25) is 0 Å². The van der Waals surface area contributed by atoms with E-state index in [0.717, 1.165) is 6.16 Å². The lowest BCUT2D eigenvalue weighted by Crippen LogP contribution is -2.37. The third-order valence-electron chi connectivity index (χ3n) is 2.54. The standard InChI is InChI=1S/C11H25N3P/c1-8-9-10-11-15(12(2)3,13(4)5)14(6)7/h8-10H,1,11H2,2-7H3/q+1/b10-9+.